The molecule has 6 heteroatoms. The van der Waals surface area contributed by atoms with E-state index < -0.39 is 18.0 Å². The molecule has 1 aromatic carbocycles. The Balaban J connectivity index is 2.24. The fraction of sp³-hybridized carbons (Fsp3) is 0.450. The molecule has 4 nitrogen and oxygen atoms in total. The molecule has 0 N–H and O–H groups in total. The van der Waals surface area contributed by atoms with Crippen LogP contribution in [0.4, 0.5) is 4.39 Å². The third-order valence-electron chi connectivity index (χ3n) is 4.11. The monoisotopic (exact) mass is 425 g/mol. The van der Waals surface area contributed by atoms with Crippen LogP contribution >= 0.6 is 15.9 Å². The lowest BCUT2D eigenvalue weighted by molar-refractivity contribution is -0.162. The van der Waals surface area contributed by atoms with Gasteiger partial charge in [0.15, 0.2) is 11.9 Å². The lowest BCUT2D eigenvalue weighted by Gasteiger charge is -2.27. The summed E-state index contributed by atoms with van der Waals surface area (Å²) in [5.74, 6) is -1.36. The predicted molar refractivity (Wildman–Crippen MR) is 103 cm³/mol. The summed E-state index contributed by atoms with van der Waals surface area (Å²) >= 11 is 3.42. The molecule has 0 bridgehead atoms. The molecule has 0 saturated carbocycles. The van der Waals surface area contributed by atoms with Gasteiger partial charge in [0, 0.05) is 17.6 Å². The minimum atomic E-state index is -0.836. The van der Waals surface area contributed by atoms with Gasteiger partial charge in [-0.05, 0) is 50.5 Å². The lowest BCUT2D eigenvalue weighted by Crippen LogP contribution is -2.44. The molecule has 0 aliphatic carbocycles. The second kappa shape index (κ2) is 8.93. The van der Waals surface area contributed by atoms with Gasteiger partial charge in [-0.1, -0.05) is 28.1 Å². The molecule has 26 heavy (non-hydrogen) atoms. The number of hydrogen-bond acceptors (Lipinski definition) is 3. The summed E-state index contributed by atoms with van der Waals surface area (Å²) in [7, 11) is 0. The van der Waals surface area contributed by atoms with Crippen LogP contribution in [0.5, 0.6) is 0 Å². The van der Waals surface area contributed by atoms with Crippen LogP contribution in [0.25, 0.3) is 0 Å². The molecule has 1 aliphatic heterocycles. The molecule has 1 fully saturated rings. The van der Waals surface area contributed by atoms with E-state index in [0.29, 0.717) is 24.9 Å². The number of hydrogen-bond donors (Lipinski definition) is 0. The highest BCUT2D eigenvalue weighted by molar-refractivity contribution is 9.10. The lowest BCUT2D eigenvalue weighted by atomic mass is 10.1. The van der Waals surface area contributed by atoms with Crippen molar-refractivity contribution in [2.24, 2.45) is 0 Å². The van der Waals surface area contributed by atoms with Gasteiger partial charge < -0.3 is 14.4 Å². The Hall–Kier alpha value is -1.50. The van der Waals surface area contributed by atoms with Crippen molar-refractivity contribution < 1.29 is 18.7 Å². The first-order valence-corrected chi connectivity index (χ1v) is 9.37. The van der Waals surface area contributed by atoms with E-state index >= 15 is 0 Å². The van der Waals surface area contributed by atoms with Crippen LogP contribution < -0.4 is 0 Å². The number of benzene rings is 1. The largest absolute Gasteiger partial charge is 0.344 e. The molecule has 1 aromatic rings. The Morgan fingerprint density at radius 2 is 2.08 bits per heavy atom. The average molecular weight is 426 g/mol. The molecule has 1 saturated heterocycles. The topological polar surface area (TPSA) is 38.8 Å². The molecule has 142 valence electrons. The number of halogens is 2. The summed E-state index contributed by atoms with van der Waals surface area (Å²) in [6, 6.07) is 4.44. The van der Waals surface area contributed by atoms with Crippen molar-refractivity contribution in [1.29, 1.82) is 0 Å². The standard InChI is InChI=1S/C20H25BrFNO3/c1-5-7-11-23(13-14-12-15(22)9-10-16(14)21)19(24)18-17(8-6-2)25-20(3,4)26-18/h5-6,9-10,12,17-18H,1-2,7-8,11,13H2,3-4H3/t17-,18+/m1/s1. The number of ether oxygens (including phenoxy) is 2. The van der Waals surface area contributed by atoms with Gasteiger partial charge in [-0.25, -0.2) is 4.39 Å². The van der Waals surface area contributed by atoms with Gasteiger partial charge in [0.2, 0.25) is 0 Å². The van der Waals surface area contributed by atoms with E-state index in [9.17, 15) is 9.18 Å². The van der Waals surface area contributed by atoms with Crippen LogP contribution in [-0.4, -0.2) is 35.3 Å². The molecular weight excluding hydrogens is 401 g/mol. The number of nitrogens with zero attached hydrogens (tertiary/aromatic N) is 1. The Labute approximate surface area is 162 Å². The van der Waals surface area contributed by atoms with Crippen molar-refractivity contribution in [3.8, 4) is 0 Å². The van der Waals surface area contributed by atoms with Gasteiger partial charge in [-0.2, -0.15) is 0 Å². The Morgan fingerprint density at radius 1 is 1.35 bits per heavy atom. The number of carbonyl (C=O) groups is 1. The van der Waals surface area contributed by atoms with Crippen LogP contribution in [0.1, 0.15) is 32.3 Å². The predicted octanol–water partition coefficient (Wildman–Crippen LogP) is 4.59. The molecule has 1 aliphatic rings. The summed E-state index contributed by atoms with van der Waals surface area (Å²) in [6.07, 6.45) is 3.49. The highest BCUT2D eigenvalue weighted by Gasteiger charge is 2.45. The molecule has 1 amide bonds. The minimum Gasteiger partial charge on any atom is -0.344 e. The quantitative estimate of drug-likeness (QED) is 0.571. The van der Waals surface area contributed by atoms with Crippen LogP contribution in [0.3, 0.4) is 0 Å². The summed E-state index contributed by atoms with van der Waals surface area (Å²) in [5.41, 5.74) is 0.695. The maximum absolute atomic E-state index is 13.6. The van der Waals surface area contributed by atoms with Crippen molar-refractivity contribution >= 4 is 21.8 Å². The zero-order chi connectivity index (χ0) is 19.3. The first kappa shape index (κ1) is 20.8. The van der Waals surface area contributed by atoms with E-state index in [4.69, 9.17) is 9.47 Å². The van der Waals surface area contributed by atoms with Gasteiger partial charge in [-0.15, -0.1) is 13.2 Å². The van der Waals surface area contributed by atoms with Gasteiger partial charge in [0.25, 0.3) is 5.91 Å². The second-order valence-corrected chi connectivity index (χ2v) is 7.55. The van der Waals surface area contributed by atoms with Crippen LogP contribution in [0.2, 0.25) is 0 Å². The molecule has 0 spiro atoms. The molecule has 0 unspecified atom stereocenters. The highest BCUT2D eigenvalue weighted by Crippen LogP contribution is 2.32. The van der Waals surface area contributed by atoms with Gasteiger partial charge in [0.05, 0.1) is 6.10 Å². The maximum Gasteiger partial charge on any atom is 0.254 e. The zero-order valence-electron chi connectivity index (χ0n) is 15.2. The summed E-state index contributed by atoms with van der Waals surface area (Å²) in [5, 5.41) is 0. The summed E-state index contributed by atoms with van der Waals surface area (Å²) in [6.45, 7) is 11.8. The molecule has 0 aromatic heterocycles. The SMILES string of the molecule is C=CCCN(Cc1cc(F)ccc1Br)C(=O)[C@H]1OC(C)(C)O[C@@H]1CC=C. The summed E-state index contributed by atoms with van der Waals surface area (Å²) < 4.78 is 26.1. The van der Waals surface area contributed by atoms with Crippen molar-refractivity contribution in [2.45, 2.75) is 51.2 Å². The minimum absolute atomic E-state index is 0.180. The fourth-order valence-electron chi connectivity index (χ4n) is 2.95. The zero-order valence-corrected chi connectivity index (χ0v) is 16.8. The maximum atomic E-state index is 13.6. The summed E-state index contributed by atoms with van der Waals surface area (Å²) in [4.78, 5) is 14.8. The third-order valence-corrected chi connectivity index (χ3v) is 4.88. The Bertz CT molecular complexity index is 677. The van der Waals surface area contributed by atoms with E-state index in [1.807, 2.05) is 0 Å². The average Bonchev–Trinajstić information content (AvgIpc) is 2.89. The van der Waals surface area contributed by atoms with E-state index in [1.165, 1.54) is 12.1 Å². The van der Waals surface area contributed by atoms with E-state index in [1.54, 1.807) is 37.0 Å². The smallest absolute Gasteiger partial charge is 0.254 e. The van der Waals surface area contributed by atoms with Crippen molar-refractivity contribution in [3.05, 3.63) is 59.4 Å². The number of amides is 1. The van der Waals surface area contributed by atoms with Gasteiger partial charge >= 0.3 is 0 Å². The highest BCUT2D eigenvalue weighted by atomic mass is 79.9. The molecule has 0 radical (unpaired) electrons. The molecule has 1 heterocycles. The van der Waals surface area contributed by atoms with E-state index in [2.05, 4.69) is 29.1 Å². The Morgan fingerprint density at radius 3 is 2.73 bits per heavy atom. The van der Waals surface area contributed by atoms with E-state index in [0.717, 1.165) is 4.47 Å². The van der Waals surface area contributed by atoms with Gasteiger partial charge in [-0.3, -0.25) is 4.79 Å². The van der Waals surface area contributed by atoms with Gasteiger partial charge in [0.1, 0.15) is 5.82 Å². The van der Waals surface area contributed by atoms with E-state index in [-0.39, 0.29) is 18.3 Å². The van der Waals surface area contributed by atoms with Crippen molar-refractivity contribution in [1.82, 2.24) is 4.90 Å². The molecule has 2 atom stereocenters. The third kappa shape index (κ3) is 5.25. The van der Waals surface area contributed by atoms with Crippen molar-refractivity contribution in [3.63, 3.8) is 0 Å². The fourth-order valence-corrected chi connectivity index (χ4v) is 3.32. The Kier molecular flexibility index (Phi) is 7.15. The molecule has 2 rings (SSSR count). The molecular formula is C20H25BrFNO3. The first-order chi connectivity index (χ1) is 12.3. The van der Waals surface area contributed by atoms with Crippen LogP contribution in [-0.2, 0) is 20.8 Å². The first-order valence-electron chi connectivity index (χ1n) is 8.57. The van der Waals surface area contributed by atoms with Crippen LogP contribution in [0.15, 0.2) is 48.0 Å². The number of carbonyl (C=O) groups excluding carboxylic acids is 1. The number of rotatable bonds is 8. The van der Waals surface area contributed by atoms with Crippen LogP contribution in [0, 0.1) is 5.82 Å². The normalized spacial score (nSPS) is 21.4. The second-order valence-electron chi connectivity index (χ2n) is 6.69. The van der Waals surface area contributed by atoms with Crippen molar-refractivity contribution in [2.75, 3.05) is 6.54 Å².